The van der Waals surface area contributed by atoms with Gasteiger partial charge >= 0.3 is 0 Å². The summed E-state index contributed by atoms with van der Waals surface area (Å²) in [6, 6.07) is 3.31. The molecule has 0 atom stereocenters. The maximum atomic E-state index is 11.8. The average molecular weight is 268 g/mol. The van der Waals surface area contributed by atoms with Crippen LogP contribution in [-0.4, -0.2) is 32.7 Å². The van der Waals surface area contributed by atoms with E-state index in [1.54, 1.807) is 18.3 Å². The van der Waals surface area contributed by atoms with Gasteiger partial charge in [-0.2, -0.15) is 0 Å². The summed E-state index contributed by atoms with van der Waals surface area (Å²) < 4.78 is 23.6. The van der Waals surface area contributed by atoms with Crippen molar-refractivity contribution in [1.29, 1.82) is 0 Å². The predicted molar refractivity (Wildman–Crippen MR) is 72.6 cm³/mol. The predicted octanol–water partition coefficient (Wildman–Crippen LogP) is 2.11. The second kappa shape index (κ2) is 4.53. The lowest BCUT2D eigenvalue weighted by Crippen LogP contribution is -2.41. The van der Waals surface area contributed by atoms with Crippen LogP contribution in [0.15, 0.2) is 23.2 Å². The molecular weight excluding hydrogens is 248 g/mol. The highest BCUT2D eigenvalue weighted by Gasteiger charge is 2.29. The Labute approximate surface area is 109 Å². The van der Waals surface area contributed by atoms with E-state index in [0.29, 0.717) is 10.7 Å². The number of aromatic nitrogens is 1. The van der Waals surface area contributed by atoms with Gasteiger partial charge in [0.05, 0.1) is 0 Å². The van der Waals surface area contributed by atoms with Crippen LogP contribution in [0.5, 0.6) is 0 Å². The van der Waals surface area contributed by atoms with Gasteiger partial charge in [0.25, 0.3) is 0 Å². The minimum atomic E-state index is -3.22. The molecule has 0 aliphatic carbocycles. The number of nitrogens with zero attached hydrogens (tertiary/aromatic N) is 2. The van der Waals surface area contributed by atoms with Gasteiger partial charge in [-0.1, -0.05) is 13.8 Å². The molecule has 1 aliphatic heterocycles. The van der Waals surface area contributed by atoms with Crippen molar-refractivity contribution in [2.24, 2.45) is 5.41 Å². The SMILES string of the molecule is CC1(C)CCCN(c2ncccc2S(C)(=O)=O)C1. The third-order valence-corrected chi connectivity index (χ3v) is 4.47. The van der Waals surface area contributed by atoms with Gasteiger partial charge in [0.2, 0.25) is 0 Å². The fourth-order valence-electron chi connectivity index (χ4n) is 2.51. The van der Waals surface area contributed by atoms with Gasteiger partial charge in [0.15, 0.2) is 9.84 Å². The lowest BCUT2D eigenvalue weighted by atomic mass is 9.84. The molecule has 0 spiro atoms. The monoisotopic (exact) mass is 268 g/mol. The summed E-state index contributed by atoms with van der Waals surface area (Å²) in [4.78, 5) is 6.71. The van der Waals surface area contributed by atoms with Crippen molar-refractivity contribution in [3.63, 3.8) is 0 Å². The van der Waals surface area contributed by atoms with E-state index in [0.717, 1.165) is 19.5 Å². The van der Waals surface area contributed by atoms with Gasteiger partial charge < -0.3 is 4.90 Å². The zero-order chi connectivity index (χ0) is 13.4. The number of anilines is 1. The highest BCUT2D eigenvalue weighted by atomic mass is 32.2. The van der Waals surface area contributed by atoms with Gasteiger partial charge in [-0.05, 0) is 30.4 Å². The van der Waals surface area contributed by atoms with E-state index in [2.05, 4.69) is 23.7 Å². The molecule has 5 heteroatoms. The van der Waals surface area contributed by atoms with Crippen molar-refractivity contribution >= 4 is 15.7 Å². The fraction of sp³-hybridized carbons (Fsp3) is 0.615. The van der Waals surface area contributed by atoms with Gasteiger partial charge in [-0.15, -0.1) is 0 Å². The normalized spacial score (nSPS) is 19.8. The molecule has 0 amide bonds. The van der Waals surface area contributed by atoms with Crippen LogP contribution in [0.3, 0.4) is 0 Å². The summed E-state index contributed by atoms with van der Waals surface area (Å²) in [5.74, 6) is 0.604. The number of hydrogen-bond acceptors (Lipinski definition) is 4. The Kier molecular flexibility index (Phi) is 3.36. The third-order valence-electron chi connectivity index (χ3n) is 3.35. The van der Waals surface area contributed by atoms with Crippen LogP contribution in [0.25, 0.3) is 0 Å². The first-order valence-electron chi connectivity index (χ1n) is 6.20. The summed E-state index contributed by atoms with van der Waals surface area (Å²) in [5.41, 5.74) is 0.213. The first-order chi connectivity index (χ1) is 8.30. The lowest BCUT2D eigenvalue weighted by molar-refractivity contribution is 0.291. The minimum Gasteiger partial charge on any atom is -0.355 e. The van der Waals surface area contributed by atoms with E-state index in [1.807, 2.05) is 0 Å². The molecule has 1 aliphatic rings. The molecule has 0 N–H and O–H groups in total. The van der Waals surface area contributed by atoms with E-state index < -0.39 is 9.84 Å². The molecule has 2 heterocycles. The molecule has 0 unspecified atom stereocenters. The Hall–Kier alpha value is -1.10. The van der Waals surface area contributed by atoms with Crippen LogP contribution in [-0.2, 0) is 9.84 Å². The molecular formula is C13H20N2O2S. The van der Waals surface area contributed by atoms with E-state index in [4.69, 9.17) is 0 Å². The molecule has 0 saturated carbocycles. The summed E-state index contributed by atoms with van der Waals surface area (Å²) in [5, 5.41) is 0. The smallest absolute Gasteiger partial charge is 0.179 e. The maximum absolute atomic E-state index is 11.8. The Morgan fingerprint density at radius 3 is 2.72 bits per heavy atom. The van der Waals surface area contributed by atoms with Crippen molar-refractivity contribution in [2.75, 3.05) is 24.2 Å². The molecule has 2 rings (SSSR count). The summed E-state index contributed by atoms with van der Waals surface area (Å²) in [6.45, 7) is 6.15. The van der Waals surface area contributed by atoms with Crippen molar-refractivity contribution in [3.05, 3.63) is 18.3 Å². The molecule has 0 aromatic carbocycles. The Morgan fingerprint density at radius 1 is 1.39 bits per heavy atom. The van der Waals surface area contributed by atoms with Crippen LogP contribution in [0.1, 0.15) is 26.7 Å². The van der Waals surface area contributed by atoms with E-state index in [-0.39, 0.29) is 5.41 Å². The van der Waals surface area contributed by atoms with Crippen LogP contribution < -0.4 is 4.90 Å². The Bertz CT molecular complexity index is 538. The van der Waals surface area contributed by atoms with Gasteiger partial charge in [0.1, 0.15) is 10.7 Å². The molecule has 18 heavy (non-hydrogen) atoms. The van der Waals surface area contributed by atoms with Crippen molar-refractivity contribution in [3.8, 4) is 0 Å². The molecule has 1 aromatic rings. The maximum Gasteiger partial charge on any atom is 0.179 e. The molecule has 100 valence electrons. The van der Waals surface area contributed by atoms with Crippen molar-refractivity contribution in [2.45, 2.75) is 31.6 Å². The van der Waals surface area contributed by atoms with Crippen molar-refractivity contribution in [1.82, 2.24) is 4.98 Å². The van der Waals surface area contributed by atoms with Crippen LogP contribution in [0.4, 0.5) is 5.82 Å². The van der Waals surface area contributed by atoms with E-state index in [1.165, 1.54) is 12.7 Å². The first-order valence-corrected chi connectivity index (χ1v) is 8.09. The standard InChI is InChI=1S/C13H20N2O2S/c1-13(2)7-5-9-15(10-13)12-11(18(3,16)17)6-4-8-14-12/h4,6,8H,5,7,9-10H2,1-3H3. The number of hydrogen-bond donors (Lipinski definition) is 0. The lowest BCUT2D eigenvalue weighted by Gasteiger charge is -2.39. The summed E-state index contributed by atoms with van der Waals surface area (Å²) in [7, 11) is -3.22. The first kappa shape index (κ1) is 13.3. The molecule has 1 fully saturated rings. The largest absolute Gasteiger partial charge is 0.355 e. The zero-order valence-corrected chi connectivity index (χ0v) is 12.0. The second-order valence-corrected chi connectivity index (χ2v) is 7.77. The quantitative estimate of drug-likeness (QED) is 0.824. The van der Waals surface area contributed by atoms with Crippen LogP contribution in [0.2, 0.25) is 0 Å². The number of sulfone groups is 1. The van der Waals surface area contributed by atoms with E-state index in [9.17, 15) is 8.42 Å². The third kappa shape index (κ3) is 2.83. The van der Waals surface area contributed by atoms with Gasteiger partial charge in [-0.25, -0.2) is 13.4 Å². The van der Waals surface area contributed by atoms with Crippen molar-refractivity contribution < 1.29 is 8.42 Å². The number of rotatable bonds is 2. The highest BCUT2D eigenvalue weighted by molar-refractivity contribution is 7.90. The van der Waals surface area contributed by atoms with Gasteiger partial charge in [-0.3, -0.25) is 0 Å². The topological polar surface area (TPSA) is 50.3 Å². The summed E-state index contributed by atoms with van der Waals surface area (Å²) >= 11 is 0. The molecule has 0 bridgehead atoms. The number of pyridine rings is 1. The van der Waals surface area contributed by atoms with E-state index >= 15 is 0 Å². The fourth-order valence-corrected chi connectivity index (χ4v) is 3.35. The van der Waals surface area contributed by atoms with Crippen LogP contribution in [0, 0.1) is 5.41 Å². The zero-order valence-electron chi connectivity index (χ0n) is 11.2. The molecule has 1 saturated heterocycles. The van der Waals surface area contributed by atoms with Gasteiger partial charge in [0, 0.05) is 25.5 Å². The Morgan fingerprint density at radius 2 is 2.11 bits per heavy atom. The molecule has 4 nitrogen and oxygen atoms in total. The number of piperidine rings is 1. The molecule has 0 radical (unpaired) electrons. The minimum absolute atomic E-state index is 0.213. The average Bonchev–Trinajstić information content (AvgIpc) is 2.26. The second-order valence-electron chi connectivity index (χ2n) is 5.79. The molecule has 1 aromatic heterocycles. The Balaban J connectivity index is 2.40. The highest BCUT2D eigenvalue weighted by Crippen LogP contribution is 2.33. The van der Waals surface area contributed by atoms with Crippen LogP contribution >= 0.6 is 0 Å². The summed E-state index contributed by atoms with van der Waals surface area (Å²) in [6.07, 6.45) is 5.14.